The third-order valence-corrected chi connectivity index (χ3v) is 7.49. The highest BCUT2D eigenvalue weighted by Gasteiger charge is 2.33. The van der Waals surface area contributed by atoms with E-state index >= 15 is 0 Å². The molecule has 2 aliphatic carbocycles. The van der Waals surface area contributed by atoms with Crippen LogP contribution in [0.3, 0.4) is 0 Å². The third-order valence-electron chi connectivity index (χ3n) is 6.50. The van der Waals surface area contributed by atoms with Crippen LogP contribution >= 0.6 is 11.3 Å². The Hall–Kier alpha value is -4.36. The van der Waals surface area contributed by atoms with Gasteiger partial charge in [-0.1, -0.05) is 0 Å². The lowest BCUT2D eigenvalue weighted by atomic mass is 10.0. The summed E-state index contributed by atoms with van der Waals surface area (Å²) >= 11 is 1.22. The summed E-state index contributed by atoms with van der Waals surface area (Å²) in [6.07, 6.45) is 3.81. The van der Waals surface area contributed by atoms with Gasteiger partial charge in [0.05, 0.1) is 22.0 Å². The van der Waals surface area contributed by atoms with Crippen molar-refractivity contribution in [3.63, 3.8) is 0 Å². The molecule has 2 aliphatic rings. The van der Waals surface area contributed by atoms with E-state index in [9.17, 15) is 28.0 Å². The van der Waals surface area contributed by atoms with Crippen LogP contribution in [0, 0.1) is 18.6 Å². The van der Waals surface area contributed by atoms with Crippen LogP contribution in [0.2, 0.25) is 0 Å². The van der Waals surface area contributed by atoms with Crippen molar-refractivity contribution >= 4 is 34.5 Å². The molecule has 212 valence electrons. The number of rotatable bonds is 11. The molecule has 0 fully saturated rings. The van der Waals surface area contributed by atoms with Crippen LogP contribution in [0.1, 0.15) is 59.1 Å². The van der Waals surface area contributed by atoms with Gasteiger partial charge in [-0.15, -0.1) is 11.3 Å². The summed E-state index contributed by atoms with van der Waals surface area (Å²) in [5, 5.41) is 6.66. The van der Waals surface area contributed by atoms with Gasteiger partial charge in [0.25, 0.3) is 0 Å². The topological polar surface area (TPSA) is 134 Å². The number of carbonyl (C=O) groups excluding carboxylic acids is 4. The third kappa shape index (κ3) is 5.91. The maximum Gasteiger partial charge on any atom is 0.246 e. The van der Waals surface area contributed by atoms with Crippen molar-refractivity contribution in [1.82, 2.24) is 25.5 Å². The standard InChI is InChI=1S/C28H25F2N5O5S/c1-14-33-23-24(38)18(13-21(37)27(23)41-14)31-7-3-9-35(2)10-4-8-32-19-12-20(36)22-26(25(19)39)40-28(34-22)16-11-15(29)5-6-17(16)30/h5-6,11-13,31-32H,3-4,7-10H2,1-2H3. The van der Waals surface area contributed by atoms with Crippen LogP contribution in [-0.4, -0.2) is 71.2 Å². The lowest BCUT2D eigenvalue weighted by Gasteiger charge is -2.18. The van der Waals surface area contributed by atoms with Crippen LogP contribution in [0.25, 0.3) is 11.5 Å². The number of oxazole rings is 1. The van der Waals surface area contributed by atoms with Crippen LogP contribution in [-0.2, 0) is 0 Å². The van der Waals surface area contributed by atoms with Gasteiger partial charge in [0.2, 0.25) is 29.0 Å². The number of aryl methyl sites for hydroxylation is 1. The maximum atomic E-state index is 14.1. The summed E-state index contributed by atoms with van der Waals surface area (Å²) in [6, 6.07) is 2.73. The summed E-state index contributed by atoms with van der Waals surface area (Å²) in [4.78, 5) is 60.7. The predicted molar refractivity (Wildman–Crippen MR) is 145 cm³/mol. The van der Waals surface area contributed by atoms with Gasteiger partial charge in [0, 0.05) is 25.2 Å². The number of thiazole rings is 1. The molecule has 0 bridgehead atoms. The Morgan fingerprint density at radius 2 is 1.56 bits per heavy atom. The molecule has 3 aromatic rings. The van der Waals surface area contributed by atoms with E-state index in [-0.39, 0.29) is 51.6 Å². The number of ketones is 4. The number of hydrogen-bond donors (Lipinski definition) is 2. The Kier molecular flexibility index (Phi) is 7.99. The second kappa shape index (κ2) is 11.6. The molecule has 0 saturated heterocycles. The predicted octanol–water partition coefficient (Wildman–Crippen LogP) is 3.50. The minimum Gasteiger partial charge on any atom is -0.432 e. The molecule has 13 heteroatoms. The van der Waals surface area contributed by atoms with Crippen LogP contribution < -0.4 is 10.6 Å². The lowest BCUT2D eigenvalue weighted by molar-refractivity contribution is 0.0956. The number of benzene rings is 1. The number of aromatic nitrogens is 2. The molecule has 1 aromatic carbocycles. The summed E-state index contributed by atoms with van der Waals surface area (Å²) in [5.41, 5.74) is -0.0319. The molecule has 0 atom stereocenters. The van der Waals surface area contributed by atoms with Crippen molar-refractivity contribution in [2.45, 2.75) is 19.8 Å². The van der Waals surface area contributed by atoms with E-state index in [4.69, 9.17) is 4.42 Å². The molecule has 0 radical (unpaired) electrons. The number of carbonyl (C=O) groups is 4. The molecule has 5 rings (SSSR count). The van der Waals surface area contributed by atoms with Crippen molar-refractivity contribution in [2.24, 2.45) is 0 Å². The van der Waals surface area contributed by atoms with Gasteiger partial charge in [0.1, 0.15) is 22.2 Å². The number of Topliss-reactive ketones (excluding diaryl/α,β-unsaturated/α-hetero) is 2. The molecule has 0 saturated carbocycles. The van der Waals surface area contributed by atoms with E-state index in [1.807, 2.05) is 7.05 Å². The monoisotopic (exact) mass is 581 g/mol. The summed E-state index contributed by atoms with van der Waals surface area (Å²) in [7, 11) is 1.93. The van der Waals surface area contributed by atoms with Gasteiger partial charge in [-0.05, 0) is 58.1 Å². The second-order valence-electron chi connectivity index (χ2n) is 9.60. The number of hydrogen-bond acceptors (Lipinski definition) is 11. The first kappa shape index (κ1) is 28.2. The Morgan fingerprint density at radius 3 is 2.27 bits per heavy atom. The normalized spacial score (nSPS) is 14.7. The number of nitrogens with zero attached hydrogens (tertiary/aromatic N) is 3. The van der Waals surface area contributed by atoms with Crippen molar-refractivity contribution in [2.75, 3.05) is 33.2 Å². The van der Waals surface area contributed by atoms with Crippen molar-refractivity contribution in [1.29, 1.82) is 0 Å². The zero-order valence-corrected chi connectivity index (χ0v) is 23.0. The van der Waals surface area contributed by atoms with Gasteiger partial charge >= 0.3 is 0 Å². The number of nitrogens with one attached hydrogen (secondary N) is 2. The second-order valence-corrected chi connectivity index (χ2v) is 10.8. The zero-order valence-electron chi connectivity index (χ0n) is 22.2. The fourth-order valence-corrected chi connectivity index (χ4v) is 5.29. The smallest absolute Gasteiger partial charge is 0.246 e. The van der Waals surface area contributed by atoms with E-state index < -0.39 is 23.2 Å². The Bertz CT molecular complexity index is 1640. The van der Waals surface area contributed by atoms with Gasteiger partial charge in [-0.2, -0.15) is 0 Å². The van der Waals surface area contributed by atoms with E-state index in [2.05, 4.69) is 25.5 Å². The largest absolute Gasteiger partial charge is 0.432 e. The first-order valence-corrected chi connectivity index (χ1v) is 13.7. The molecule has 0 amide bonds. The van der Waals surface area contributed by atoms with Gasteiger partial charge in [0.15, 0.2) is 11.5 Å². The van der Waals surface area contributed by atoms with Crippen LogP contribution in [0.5, 0.6) is 0 Å². The van der Waals surface area contributed by atoms with E-state index in [0.29, 0.717) is 48.9 Å². The van der Waals surface area contributed by atoms with Crippen LogP contribution in [0.15, 0.2) is 46.2 Å². The average molecular weight is 582 g/mol. The number of fused-ring (bicyclic) bond motifs is 2. The first-order chi connectivity index (χ1) is 19.6. The molecule has 2 heterocycles. The highest BCUT2D eigenvalue weighted by Crippen LogP contribution is 2.29. The van der Waals surface area contributed by atoms with Crippen molar-refractivity contribution < 1.29 is 32.4 Å². The molecular weight excluding hydrogens is 556 g/mol. The Balaban J connectivity index is 1.06. The number of allylic oxidation sites excluding steroid dienone is 4. The molecular formula is C28H25F2N5O5S. The van der Waals surface area contributed by atoms with Crippen molar-refractivity contribution in [3.8, 4) is 11.5 Å². The quantitative estimate of drug-likeness (QED) is 0.324. The molecule has 2 N–H and O–H groups in total. The fourth-order valence-electron chi connectivity index (χ4n) is 4.46. The number of halogens is 2. The zero-order chi connectivity index (χ0) is 29.3. The average Bonchev–Trinajstić information content (AvgIpc) is 3.56. The summed E-state index contributed by atoms with van der Waals surface area (Å²) < 4.78 is 33.1. The summed E-state index contributed by atoms with van der Waals surface area (Å²) in [6.45, 7) is 4.04. The van der Waals surface area contributed by atoms with Gasteiger partial charge in [-0.3, -0.25) is 19.2 Å². The minimum absolute atomic E-state index is 0.0372. The molecule has 0 aliphatic heterocycles. The highest BCUT2D eigenvalue weighted by molar-refractivity contribution is 7.14. The molecule has 2 aromatic heterocycles. The Morgan fingerprint density at radius 1 is 0.902 bits per heavy atom. The highest BCUT2D eigenvalue weighted by atomic mass is 32.1. The molecule has 0 spiro atoms. The van der Waals surface area contributed by atoms with E-state index in [1.54, 1.807) is 6.92 Å². The van der Waals surface area contributed by atoms with Gasteiger partial charge in [-0.25, -0.2) is 18.7 Å². The first-order valence-electron chi connectivity index (χ1n) is 12.8. The molecule has 41 heavy (non-hydrogen) atoms. The Labute approximate surface area is 237 Å². The van der Waals surface area contributed by atoms with Crippen LogP contribution in [0.4, 0.5) is 8.78 Å². The van der Waals surface area contributed by atoms with Crippen molar-refractivity contribution in [3.05, 3.63) is 80.4 Å². The minimum atomic E-state index is -0.796. The maximum absolute atomic E-state index is 14.1. The van der Waals surface area contributed by atoms with E-state index in [0.717, 1.165) is 24.3 Å². The SMILES string of the molecule is Cc1nc2c(s1)C(=O)C=C(NCCCN(C)CCCNC1=CC(=O)c3nc(-c4cc(F)ccc4F)oc3C1=O)C2=O. The molecule has 0 unspecified atom stereocenters. The van der Waals surface area contributed by atoms with Gasteiger partial charge < -0.3 is 20.0 Å². The fraction of sp³-hybridized carbons (Fsp3) is 0.286. The van der Waals surface area contributed by atoms with E-state index in [1.165, 1.54) is 17.4 Å². The summed E-state index contributed by atoms with van der Waals surface area (Å²) in [5.74, 6) is -3.84. The molecule has 10 nitrogen and oxygen atoms in total. The lowest BCUT2D eigenvalue weighted by Crippen LogP contribution is -2.31.